The first kappa shape index (κ1) is 35.4. The van der Waals surface area contributed by atoms with Crippen molar-refractivity contribution in [2.75, 3.05) is 6.61 Å². The molecular weight excluding hydrogens is 450 g/mol. The van der Waals surface area contributed by atoms with Gasteiger partial charge in [-0.15, -0.1) is 0 Å². The summed E-state index contributed by atoms with van der Waals surface area (Å²) in [6.07, 6.45) is 26.3. The van der Waals surface area contributed by atoms with Gasteiger partial charge in [-0.1, -0.05) is 149 Å². The summed E-state index contributed by atoms with van der Waals surface area (Å²) in [5.41, 5.74) is 0. The Morgan fingerprint density at radius 1 is 0.583 bits per heavy atom. The minimum absolute atomic E-state index is 0.152. The molecule has 0 aliphatic heterocycles. The second-order valence-electron chi connectivity index (χ2n) is 11.0. The average Bonchev–Trinajstić information content (AvgIpc) is 2.88. The zero-order valence-corrected chi connectivity index (χ0v) is 24.2. The standard InChI is InChI=1S/C31H63NO4/c1-3-5-7-9-11-12-13-14-15-16-17-18-20-21-23-25-29(34)31(36)28(27-33)32-30(35)26-24-22-19-10-8-6-4-2/h28-29,31,33-34,36H,3-27H2,1-2H3,(H,32,35)/t28-,29+,31-/m0/s1. The molecule has 0 aliphatic carbocycles. The fourth-order valence-electron chi connectivity index (χ4n) is 4.92. The summed E-state index contributed by atoms with van der Waals surface area (Å²) in [6.45, 7) is 4.11. The van der Waals surface area contributed by atoms with Crippen LogP contribution in [0.5, 0.6) is 0 Å². The minimum atomic E-state index is -1.13. The predicted octanol–water partition coefficient (Wildman–Crippen LogP) is 7.59. The van der Waals surface area contributed by atoms with E-state index >= 15 is 0 Å². The summed E-state index contributed by atoms with van der Waals surface area (Å²) in [5.74, 6) is -0.152. The molecule has 5 heteroatoms. The first-order valence-electron chi connectivity index (χ1n) is 15.8. The molecule has 216 valence electrons. The van der Waals surface area contributed by atoms with Crippen molar-refractivity contribution in [1.82, 2.24) is 5.32 Å². The van der Waals surface area contributed by atoms with E-state index in [0.29, 0.717) is 12.8 Å². The molecule has 36 heavy (non-hydrogen) atoms. The Morgan fingerprint density at radius 2 is 0.944 bits per heavy atom. The SMILES string of the molecule is CCCCCCCCCCCCCCCCC[C@@H](O)[C@@H](O)[C@H](CO)NC(=O)CCCCCCCCC. The molecule has 0 aromatic carbocycles. The Hall–Kier alpha value is -0.650. The number of hydrogen-bond donors (Lipinski definition) is 4. The third kappa shape index (κ3) is 22.5. The molecule has 0 saturated carbocycles. The minimum Gasteiger partial charge on any atom is -0.394 e. The molecule has 0 bridgehead atoms. The van der Waals surface area contributed by atoms with Gasteiger partial charge >= 0.3 is 0 Å². The zero-order chi connectivity index (χ0) is 26.7. The highest BCUT2D eigenvalue weighted by Gasteiger charge is 2.26. The Balaban J connectivity index is 3.68. The van der Waals surface area contributed by atoms with Gasteiger partial charge in [0.1, 0.15) is 6.10 Å². The number of carbonyl (C=O) groups is 1. The molecule has 0 aromatic rings. The fraction of sp³-hybridized carbons (Fsp3) is 0.968. The van der Waals surface area contributed by atoms with Gasteiger partial charge in [0.15, 0.2) is 0 Å². The molecule has 5 nitrogen and oxygen atoms in total. The molecule has 0 unspecified atom stereocenters. The first-order chi connectivity index (χ1) is 17.6. The Morgan fingerprint density at radius 3 is 1.33 bits per heavy atom. The summed E-state index contributed by atoms with van der Waals surface area (Å²) in [5, 5.41) is 33.1. The predicted molar refractivity (Wildman–Crippen MR) is 153 cm³/mol. The molecule has 0 spiro atoms. The first-order valence-corrected chi connectivity index (χ1v) is 15.8. The normalized spacial score (nSPS) is 14.0. The Labute approximate surface area is 224 Å². The van der Waals surface area contributed by atoms with Crippen LogP contribution < -0.4 is 5.32 Å². The molecular formula is C31H63NO4. The molecule has 3 atom stereocenters. The van der Waals surface area contributed by atoms with Crippen LogP contribution >= 0.6 is 0 Å². The second-order valence-corrected chi connectivity index (χ2v) is 11.0. The Bertz CT molecular complexity index is 460. The molecule has 0 radical (unpaired) electrons. The van der Waals surface area contributed by atoms with Crippen molar-refractivity contribution < 1.29 is 20.1 Å². The molecule has 0 rings (SSSR count). The quantitative estimate of drug-likeness (QED) is 0.0811. The van der Waals surface area contributed by atoms with E-state index in [0.717, 1.165) is 32.1 Å². The van der Waals surface area contributed by atoms with Crippen LogP contribution in [0.3, 0.4) is 0 Å². The van der Waals surface area contributed by atoms with Crippen LogP contribution in [0, 0.1) is 0 Å². The number of hydrogen-bond acceptors (Lipinski definition) is 4. The van der Waals surface area contributed by atoms with Crippen molar-refractivity contribution in [3.05, 3.63) is 0 Å². The highest BCUT2D eigenvalue weighted by Crippen LogP contribution is 2.15. The molecule has 1 amide bonds. The van der Waals surface area contributed by atoms with Gasteiger partial charge in [0.25, 0.3) is 0 Å². The van der Waals surface area contributed by atoms with Crippen molar-refractivity contribution in [3.8, 4) is 0 Å². The van der Waals surface area contributed by atoms with Crippen molar-refractivity contribution >= 4 is 5.91 Å². The lowest BCUT2D eigenvalue weighted by Crippen LogP contribution is -2.50. The summed E-state index contributed by atoms with van der Waals surface area (Å²) < 4.78 is 0. The lowest BCUT2D eigenvalue weighted by atomic mass is 9.99. The summed E-state index contributed by atoms with van der Waals surface area (Å²) in [4.78, 5) is 12.2. The summed E-state index contributed by atoms with van der Waals surface area (Å²) >= 11 is 0. The largest absolute Gasteiger partial charge is 0.394 e. The van der Waals surface area contributed by atoms with E-state index in [1.165, 1.54) is 109 Å². The van der Waals surface area contributed by atoms with Crippen LogP contribution in [0.1, 0.15) is 168 Å². The van der Waals surface area contributed by atoms with Gasteiger partial charge in [-0.05, 0) is 12.8 Å². The highest BCUT2D eigenvalue weighted by molar-refractivity contribution is 5.76. The van der Waals surface area contributed by atoms with Crippen molar-refractivity contribution in [2.24, 2.45) is 0 Å². The zero-order valence-electron chi connectivity index (χ0n) is 24.2. The lowest BCUT2D eigenvalue weighted by molar-refractivity contribution is -0.124. The van der Waals surface area contributed by atoms with E-state index in [2.05, 4.69) is 19.2 Å². The number of aliphatic hydroxyl groups is 3. The molecule has 0 aliphatic rings. The number of amides is 1. The van der Waals surface area contributed by atoms with Crippen LogP contribution in [-0.4, -0.2) is 46.1 Å². The van der Waals surface area contributed by atoms with Gasteiger partial charge in [-0.25, -0.2) is 0 Å². The summed E-state index contributed by atoms with van der Waals surface area (Å²) in [6, 6.07) is -0.798. The van der Waals surface area contributed by atoms with Crippen molar-refractivity contribution in [1.29, 1.82) is 0 Å². The Kier molecular flexibility index (Phi) is 26.9. The molecule has 4 N–H and O–H groups in total. The van der Waals surface area contributed by atoms with E-state index in [1.807, 2.05) is 0 Å². The maximum absolute atomic E-state index is 12.2. The van der Waals surface area contributed by atoms with Crippen molar-refractivity contribution in [2.45, 2.75) is 186 Å². The van der Waals surface area contributed by atoms with Gasteiger partial charge in [-0.2, -0.15) is 0 Å². The number of unbranched alkanes of at least 4 members (excludes halogenated alkanes) is 20. The molecule has 0 saturated heterocycles. The van der Waals surface area contributed by atoms with Gasteiger partial charge in [0.05, 0.1) is 18.8 Å². The smallest absolute Gasteiger partial charge is 0.220 e. The van der Waals surface area contributed by atoms with Crippen LogP contribution in [0.15, 0.2) is 0 Å². The highest BCUT2D eigenvalue weighted by atomic mass is 16.3. The van der Waals surface area contributed by atoms with E-state index < -0.39 is 18.2 Å². The van der Waals surface area contributed by atoms with E-state index in [1.54, 1.807) is 0 Å². The van der Waals surface area contributed by atoms with E-state index in [4.69, 9.17) is 0 Å². The van der Waals surface area contributed by atoms with E-state index in [9.17, 15) is 20.1 Å². The third-order valence-corrected chi connectivity index (χ3v) is 7.46. The van der Waals surface area contributed by atoms with Crippen LogP contribution in [0.2, 0.25) is 0 Å². The monoisotopic (exact) mass is 513 g/mol. The topological polar surface area (TPSA) is 89.8 Å². The van der Waals surface area contributed by atoms with Crippen LogP contribution in [0.4, 0.5) is 0 Å². The second kappa shape index (κ2) is 27.4. The number of nitrogens with one attached hydrogen (secondary N) is 1. The molecule has 0 aromatic heterocycles. The molecule has 0 fully saturated rings. The fourth-order valence-corrected chi connectivity index (χ4v) is 4.92. The average molecular weight is 514 g/mol. The third-order valence-electron chi connectivity index (χ3n) is 7.46. The van der Waals surface area contributed by atoms with Gasteiger partial charge < -0.3 is 20.6 Å². The van der Waals surface area contributed by atoms with E-state index in [-0.39, 0.29) is 12.5 Å². The maximum atomic E-state index is 12.2. The van der Waals surface area contributed by atoms with Crippen LogP contribution in [0.25, 0.3) is 0 Å². The van der Waals surface area contributed by atoms with Crippen molar-refractivity contribution in [3.63, 3.8) is 0 Å². The van der Waals surface area contributed by atoms with Gasteiger partial charge in [0.2, 0.25) is 5.91 Å². The number of aliphatic hydroxyl groups excluding tert-OH is 3. The summed E-state index contributed by atoms with van der Waals surface area (Å²) in [7, 11) is 0. The number of rotatable bonds is 28. The van der Waals surface area contributed by atoms with Gasteiger partial charge in [-0.3, -0.25) is 4.79 Å². The lowest BCUT2D eigenvalue weighted by Gasteiger charge is -2.26. The van der Waals surface area contributed by atoms with Crippen LogP contribution in [-0.2, 0) is 4.79 Å². The molecule has 0 heterocycles. The number of carbonyl (C=O) groups excluding carboxylic acids is 1. The van der Waals surface area contributed by atoms with Gasteiger partial charge in [0, 0.05) is 6.42 Å². The maximum Gasteiger partial charge on any atom is 0.220 e.